The predicted molar refractivity (Wildman–Crippen MR) is 107 cm³/mol. The number of amides is 2. The normalized spacial score (nSPS) is 21.5. The van der Waals surface area contributed by atoms with Gasteiger partial charge in [-0.1, -0.05) is 48.5 Å². The van der Waals surface area contributed by atoms with Crippen LogP contribution >= 0.6 is 0 Å². The molecule has 2 aromatic rings. The first-order valence-electron chi connectivity index (χ1n) is 9.92. The third kappa shape index (κ3) is 3.88. The van der Waals surface area contributed by atoms with Gasteiger partial charge in [-0.15, -0.1) is 0 Å². The van der Waals surface area contributed by atoms with Gasteiger partial charge >= 0.3 is 0 Å². The maximum Gasteiger partial charge on any atom is 0.260 e. The van der Waals surface area contributed by atoms with Crippen LogP contribution in [0.1, 0.15) is 24.0 Å². The molecule has 0 N–H and O–H groups in total. The van der Waals surface area contributed by atoms with Gasteiger partial charge in [0.2, 0.25) is 5.91 Å². The first-order chi connectivity index (χ1) is 13.6. The molecule has 2 amide bonds. The number of benzene rings is 2. The van der Waals surface area contributed by atoms with Crippen molar-refractivity contribution in [3.05, 3.63) is 65.7 Å². The van der Waals surface area contributed by atoms with E-state index >= 15 is 0 Å². The van der Waals surface area contributed by atoms with Gasteiger partial charge in [-0.05, 0) is 37.0 Å². The van der Waals surface area contributed by atoms with Crippen LogP contribution in [-0.2, 0) is 16.1 Å². The molecule has 5 heteroatoms. The first kappa shape index (κ1) is 18.5. The summed E-state index contributed by atoms with van der Waals surface area (Å²) in [5, 5.41) is 0. The van der Waals surface area contributed by atoms with E-state index in [0.717, 1.165) is 29.7 Å². The van der Waals surface area contributed by atoms with E-state index in [1.165, 1.54) is 0 Å². The molecular weight excluding hydrogens is 352 g/mol. The molecule has 3 aliphatic rings. The SMILES string of the molecule is Cc1ccccc1OCC(=O)N1C[C@@H]2CC[C@H](C1)N(Cc1ccccc1)C2=O. The summed E-state index contributed by atoms with van der Waals surface area (Å²) >= 11 is 0. The average molecular weight is 378 g/mol. The molecule has 2 atom stereocenters. The van der Waals surface area contributed by atoms with Gasteiger partial charge in [0.05, 0.1) is 5.92 Å². The van der Waals surface area contributed by atoms with E-state index in [1.54, 1.807) is 0 Å². The van der Waals surface area contributed by atoms with Crippen LogP contribution in [0.15, 0.2) is 54.6 Å². The fourth-order valence-electron chi connectivity index (χ4n) is 4.18. The number of para-hydroxylation sites is 1. The third-order valence-corrected chi connectivity index (χ3v) is 5.79. The van der Waals surface area contributed by atoms with Crippen molar-refractivity contribution in [1.82, 2.24) is 9.80 Å². The fraction of sp³-hybridized carbons (Fsp3) is 0.391. The summed E-state index contributed by atoms with van der Waals surface area (Å²) in [7, 11) is 0. The molecule has 0 saturated carbocycles. The highest BCUT2D eigenvalue weighted by Gasteiger charge is 2.41. The summed E-state index contributed by atoms with van der Waals surface area (Å²) in [6.07, 6.45) is 1.81. The summed E-state index contributed by atoms with van der Waals surface area (Å²) < 4.78 is 5.74. The van der Waals surface area contributed by atoms with E-state index in [4.69, 9.17) is 4.74 Å². The van der Waals surface area contributed by atoms with E-state index in [-0.39, 0.29) is 30.4 Å². The molecule has 3 heterocycles. The van der Waals surface area contributed by atoms with Gasteiger partial charge in [0, 0.05) is 25.7 Å². The van der Waals surface area contributed by atoms with Crippen molar-refractivity contribution in [2.24, 2.45) is 5.92 Å². The highest BCUT2D eigenvalue weighted by molar-refractivity contribution is 5.83. The Bertz CT molecular complexity index is 852. The predicted octanol–water partition coefficient (Wildman–Crippen LogP) is 3.02. The molecule has 0 spiro atoms. The molecule has 146 valence electrons. The number of rotatable bonds is 5. The van der Waals surface area contributed by atoms with Crippen LogP contribution in [0.3, 0.4) is 0 Å². The second-order valence-corrected chi connectivity index (χ2v) is 7.73. The fourth-order valence-corrected chi connectivity index (χ4v) is 4.18. The van der Waals surface area contributed by atoms with Gasteiger partial charge in [-0.2, -0.15) is 0 Å². The number of hydrogen-bond donors (Lipinski definition) is 0. The number of nitrogens with zero attached hydrogens (tertiary/aromatic N) is 2. The molecule has 3 saturated heterocycles. The molecule has 2 aromatic carbocycles. The Labute approximate surface area is 165 Å². The van der Waals surface area contributed by atoms with Crippen molar-refractivity contribution in [1.29, 1.82) is 0 Å². The van der Waals surface area contributed by atoms with Crippen molar-refractivity contribution in [2.75, 3.05) is 19.7 Å². The molecule has 2 bridgehead atoms. The van der Waals surface area contributed by atoms with Gasteiger partial charge in [0.15, 0.2) is 6.61 Å². The number of fused-ring (bicyclic) bond motifs is 4. The first-order valence-corrected chi connectivity index (χ1v) is 9.92. The molecule has 3 fully saturated rings. The number of carbonyl (C=O) groups is 2. The maximum absolute atomic E-state index is 13.0. The Balaban J connectivity index is 1.43. The van der Waals surface area contributed by atoms with Gasteiger partial charge < -0.3 is 14.5 Å². The average Bonchev–Trinajstić information content (AvgIpc) is 3.00. The Morgan fingerprint density at radius 2 is 1.79 bits per heavy atom. The zero-order valence-electron chi connectivity index (χ0n) is 16.2. The van der Waals surface area contributed by atoms with Crippen LogP contribution in [0.4, 0.5) is 0 Å². The van der Waals surface area contributed by atoms with E-state index in [2.05, 4.69) is 0 Å². The monoisotopic (exact) mass is 378 g/mol. The number of piperidine rings is 1. The zero-order valence-corrected chi connectivity index (χ0v) is 16.2. The van der Waals surface area contributed by atoms with Gasteiger partial charge in [-0.3, -0.25) is 9.59 Å². The number of ether oxygens (including phenoxy) is 1. The Morgan fingerprint density at radius 3 is 2.57 bits per heavy atom. The van der Waals surface area contributed by atoms with Crippen LogP contribution in [-0.4, -0.2) is 47.4 Å². The van der Waals surface area contributed by atoms with Crippen LogP contribution in [0.2, 0.25) is 0 Å². The van der Waals surface area contributed by atoms with Crippen LogP contribution in [0.25, 0.3) is 0 Å². The van der Waals surface area contributed by atoms with E-state index in [9.17, 15) is 9.59 Å². The van der Waals surface area contributed by atoms with Crippen molar-refractivity contribution < 1.29 is 14.3 Å². The van der Waals surface area contributed by atoms with E-state index in [1.807, 2.05) is 71.3 Å². The molecule has 0 aliphatic carbocycles. The van der Waals surface area contributed by atoms with E-state index in [0.29, 0.717) is 19.6 Å². The standard InChI is InChI=1S/C23H26N2O3/c1-17-7-5-6-10-21(17)28-16-22(26)24-14-19-11-12-20(15-24)25(23(19)27)13-18-8-3-2-4-9-18/h2-10,19-20H,11-16H2,1H3/t19-,20+/m0/s1. The summed E-state index contributed by atoms with van der Waals surface area (Å²) in [5.74, 6) is 0.755. The van der Waals surface area contributed by atoms with Crippen molar-refractivity contribution >= 4 is 11.8 Å². The Hall–Kier alpha value is -2.82. The van der Waals surface area contributed by atoms with Crippen LogP contribution < -0.4 is 4.74 Å². The molecular formula is C23H26N2O3. The third-order valence-electron chi connectivity index (χ3n) is 5.79. The minimum Gasteiger partial charge on any atom is -0.484 e. The Kier molecular flexibility index (Phi) is 5.33. The lowest BCUT2D eigenvalue weighted by Gasteiger charge is -2.36. The van der Waals surface area contributed by atoms with Crippen molar-refractivity contribution in [3.8, 4) is 5.75 Å². The van der Waals surface area contributed by atoms with Gasteiger partial charge in [-0.25, -0.2) is 0 Å². The second kappa shape index (κ2) is 8.05. The molecule has 3 aliphatic heterocycles. The Morgan fingerprint density at radius 1 is 1.04 bits per heavy atom. The lowest BCUT2D eigenvalue weighted by molar-refractivity contribution is -0.140. The quantitative estimate of drug-likeness (QED) is 0.804. The van der Waals surface area contributed by atoms with Crippen LogP contribution in [0.5, 0.6) is 5.75 Å². The topological polar surface area (TPSA) is 49.9 Å². The maximum atomic E-state index is 13.0. The minimum absolute atomic E-state index is 0.0111. The number of aryl methyl sites for hydroxylation is 1. The molecule has 28 heavy (non-hydrogen) atoms. The summed E-state index contributed by atoms with van der Waals surface area (Å²) in [4.78, 5) is 29.6. The van der Waals surface area contributed by atoms with Gasteiger partial charge in [0.1, 0.15) is 5.75 Å². The summed E-state index contributed by atoms with van der Waals surface area (Å²) in [6, 6.07) is 17.8. The molecule has 0 aromatic heterocycles. The lowest BCUT2D eigenvalue weighted by Crippen LogP contribution is -2.47. The lowest BCUT2D eigenvalue weighted by atomic mass is 9.93. The van der Waals surface area contributed by atoms with Gasteiger partial charge in [0.25, 0.3) is 5.91 Å². The summed E-state index contributed by atoms with van der Waals surface area (Å²) in [6.45, 7) is 3.67. The largest absolute Gasteiger partial charge is 0.484 e. The molecule has 0 unspecified atom stereocenters. The number of carbonyl (C=O) groups excluding carboxylic acids is 2. The van der Waals surface area contributed by atoms with Crippen LogP contribution in [0, 0.1) is 12.8 Å². The van der Waals surface area contributed by atoms with Crippen molar-refractivity contribution in [3.63, 3.8) is 0 Å². The highest BCUT2D eigenvalue weighted by atomic mass is 16.5. The van der Waals surface area contributed by atoms with E-state index < -0.39 is 0 Å². The second-order valence-electron chi connectivity index (χ2n) is 7.73. The summed E-state index contributed by atoms with van der Waals surface area (Å²) in [5.41, 5.74) is 2.14. The van der Waals surface area contributed by atoms with Crippen molar-refractivity contribution in [2.45, 2.75) is 32.4 Å². The smallest absolute Gasteiger partial charge is 0.260 e. The minimum atomic E-state index is -0.107. The zero-order chi connectivity index (χ0) is 19.5. The molecule has 5 rings (SSSR count). The highest BCUT2D eigenvalue weighted by Crippen LogP contribution is 2.30. The number of hydrogen-bond acceptors (Lipinski definition) is 3. The molecule has 0 radical (unpaired) electrons. The molecule has 5 nitrogen and oxygen atoms in total.